The van der Waals surface area contributed by atoms with Crippen LogP contribution in [0.1, 0.15) is 17.3 Å². The monoisotopic (exact) mass is 211 g/mol. The van der Waals surface area contributed by atoms with Crippen LogP contribution >= 0.6 is 22.7 Å². The molecule has 0 bridgehead atoms. The quantitative estimate of drug-likeness (QED) is 0.601. The maximum absolute atomic E-state index is 5.47. The van der Waals surface area contributed by atoms with Gasteiger partial charge in [-0.25, -0.2) is 10.4 Å². The number of nitrogens with zero attached hydrogens (tertiary/aromatic N) is 1. The van der Waals surface area contributed by atoms with Gasteiger partial charge in [0.15, 0.2) is 0 Å². The number of hydrazine groups is 1. The summed E-state index contributed by atoms with van der Waals surface area (Å²) in [6, 6.07) is 2.08. The maximum atomic E-state index is 5.47. The van der Waals surface area contributed by atoms with Crippen molar-refractivity contribution in [2.24, 2.45) is 5.84 Å². The second-order valence-corrected chi connectivity index (χ2v) is 4.07. The first-order valence-electron chi connectivity index (χ1n) is 3.78. The third kappa shape index (κ3) is 1.78. The number of nitrogens with one attached hydrogen (secondary N) is 1. The first-order valence-corrected chi connectivity index (χ1v) is 5.66. The molecular weight excluding hydrogens is 202 g/mol. The van der Waals surface area contributed by atoms with E-state index in [4.69, 9.17) is 5.84 Å². The molecule has 2 aromatic heterocycles. The van der Waals surface area contributed by atoms with Crippen molar-refractivity contribution in [2.45, 2.75) is 6.04 Å². The van der Waals surface area contributed by atoms with Crippen molar-refractivity contribution < 1.29 is 0 Å². The molecule has 13 heavy (non-hydrogen) atoms. The first-order chi connectivity index (χ1) is 6.42. The molecule has 0 amide bonds. The first kappa shape index (κ1) is 8.83. The molecule has 2 heterocycles. The molecule has 0 aliphatic heterocycles. The summed E-state index contributed by atoms with van der Waals surface area (Å²) < 4.78 is 0. The summed E-state index contributed by atoms with van der Waals surface area (Å²) in [5, 5.41) is 6.11. The molecule has 0 aliphatic carbocycles. The van der Waals surface area contributed by atoms with Crippen LogP contribution in [0.4, 0.5) is 0 Å². The Balaban J connectivity index is 2.29. The van der Waals surface area contributed by atoms with Gasteiger partial charge in [0, 0.05) is 5.38 Å². The Morgan fingerprint density at radius 2 is 2.31 bits per heavy atom. The van der Waals surface area contributed by atoms with Gasteiger partial charge in [-0.1, -0.05) is 0 Å². The minimum Gasteiger partial charge on any atom is -0.271 e. The van der Waals surface area contributed by atoms with Crippen molar-refractivity contribution >= 4 is 22.7 Å². The lowest BCUT2D eigenvalue weighted by Crippen LogP contribution is -2.28. The van der Waals surface area contributed by atoms with Crippen molar-refractivity contribution in [2.75, 3.05) is 0 Å². The number of hydrogen-bond acceptors (Lipinski definition) is 5. The molecule has 2 aromatic rings. The minimum atomic E-state index is 0.0255. The van der Waals surface area contributed by atoms with Gasteiger partial charge >= 0.3 is 0 Å². The zero-order valence-electron chi connectivity index (χ0n) is 6.81. The second kappa shape index (κ2) is 3.97. The predicted molar refractivity (Wildman–Crippen MR) is 55.6 cm³/mol. The van der Waals surface area contributed by atoms with Gasteiger partial charge in [-0.05, 0) is 22.4 Å². The van der Waals surface area contributed by atoms with Crippen LogP contribution in [0, 0.1) is 0 Å². The van der Waals surface area contributed by atoms with Crippen LogP contribution in [0.25, 0.3) is 0 Å². The summed E-state index contributed by atoms with van der Waals surface area (Å²) in [5.74, 6) is 5.47. The van der Waals surface area contributed by atoms with E-state index in [1.54, 1.807) is 22.7 Å². The van der Waals surface area contributed by atoms with Crippen LogP contribution in [0.2, 0.25) is 0 Å². The van der Waals surface area contributed by atoms with Crippen LogP contribution in [0.3, 0.4) is 0 Å². The highest BCUT2D eigenvalue weighted by Crippen LogP contribution is 2.22. The Kier molecular flexibility index (Phi) is 2.70. The summed E-state index contributed by atoms with van der Waals surface area (Å²) in [4.78, 5) is 4.22. The van der Waals surface area contributed by atoms with E-state index in [9.17, 15) is 0 Å². The highest BCUT2D eigenvalue weighted by Gasteiger charge is 2.13. The van der Waals surface area contributed by atoms with Crippen LogP contribution in [-0.4, -0.2) is 4.98 Å². The smallest absolute Gasteiger partial charge is 0.0897 e. The van der Waals surface area contributed by atoms with E-state index in [-0.39, 0.29) is 6.04 Å². The van der Waals surface area contributed by atoms with Crippen LogP contribution in [0.5, 0.6) is 0 Å². The Hall–Kier alpha value is -0.750. The van der Waals surface area contributed by atoms with Crippen LogP contribution < -0.4 is 11.3 Å². The van der Waals surface area contributed by atoms with E-state index in [1.165, 1.54) is 5.56 Å². The van der Waals surface area contributed by atoms with Crippen molar-refractivity contribution in [3.05, 3.63) is 39.0 Å². The summed E-state index contributed by atoms with van der Waals surface area (Å²) in [7, 11) is 0. The molecular formula is C8H9N3S2. The molecule has 0 aliphatic rings. The van der Waals surface area contributed by atoms with Crippen molar-refractivity contribution in [1.29, 1.82) is 0 Å². The summed E-state index contributed by atoms with van der Waals surface area (Å²) in [6.45, 7) is 0. The van der Waals surface area contributed by atoms with Crippen LogP contribution in [-0.2, 0) is 0 Å². The predicted octanol–water partition coefficient (Wildman–Crippen LogP) is 1.76. The summed E-state index contributed by atoms with van der Waals surface area (Å²) in [5.41, 5.74) is 6.71. The van der Waals surface area contributed by atoms with E-state index in [0.717, 1.165) is 5.69 Å². The number of hydrogen-bond donors (Lipinski definition) is 2. The van der Waals surface area contributed by atoms with Gasteiger partial charge < -0.3 is 0 Å². The van der Waals surface area contributed by atoms with E-state index >= 15 is 0 Å². The molecule has 68 valence electrons. The molecule has 0 saturated carbocycles. The van der Waals surface area contributed by atoms with E-state index in [1.807, 2.05) is 16.3 Å². The fourth-order valence-corrected chi connectivity index (χ4v) is 2.42. The largest absolute Gasteiger partial charge is 0.271 e. The third-order valence-electron chi connectivity index (χ3n) is 1.79. The Labute approximate surface area is 84.2 Å². The Morgan fingerprint density at radius 1 is 1.38 bits per heavy atom. The summed E-state index contributed by atoms with van der Waals surface area (Å²) >= 11 is 3.24. The second-order valence-electron chi connectivity index (χ2n) is 2.57. The zero-order chi connectivity index (χ0) is 9.10. The lowest BCUT2D eigenvalue weighted by Gasteiger charge is -2.10. The standard InChI is InChI=1S/C8H9N3S2/c9-11-8(6-1-2-12-3-6)7-4-13-5-10-7/h1-5,8,11H,9H2. The number of thiazole rings is 1. The van der Waals surface area contributed by atoms with Gasteiger partial charge in [0.2, 0.25) is 0 Å². The highest BCUT2D eigenvalue weighted by molar-refractivity contribution is 7.08. The maximum Gasteiger partial charge on any atom is 0.0897 e. The molecule has 5 heteroatoms. The van der Waals surface area contributed by atoms with Gasteiger partial charge in [-0.15, -0.1) is 11.3 Å². The Morgan fingerprint density at radius 3 is 2.85 bits per heavy atom. The molecule has 0 saturated heterocycles. The lowest BCUT2D eigenvalue weighted by atomic mass is 10.1. The highest BCUT2D eigenvalue weighted by atomic mass is 32.1. The zero-order valence-corrected chi connectivity index (χ0v) is 8.44. The third-order valence-corrected chi connectivity index (χ3v) is 3.10. The number of thiophene rings is 1. The number of nitrogens with two attached hydrogens (primary N) is 1. The van der Waals surface area contributed by atoms with Crippen molar-refractivity contribution in [3.63, 3.8) is 0 Å². The fourth-order valence-electron chi connectivity index (χ4n) is 1.16. The van der Waals surface area contributed by atoms with Gasteiger partial charge in [-0.3, -0.25) is 5.84 Å². The molecule has 0 aromatic carbocycles. The normalized spacial score (nSPS) is 13.0. The average Bonchev–Trinajstić information content (AvgIpc) is 2.76. The molecule has 2 rings (SSSR count). The van der Waals surface area contributed by atoms with Crippen molar-refractivity contribution in [3.8, 4) is 0 Å². The molecule has 1 unspecified atom stereocenters. The SMILES string of the molecule is NNC(c1ccsc1)c1cscn1. The molecule has 0 spiro atoms. The average molecular weight is 211 g/mol. The molecule has 3 nitrogen and oxygen atoms in total. The van der Waals surface area contributed by atoms with Gasteiger partial charge in [-0.2, -0.15) is 11.3 Å². The van der Waals surface area contributed by atoms with E-state index in [0.29, 0.717) is 0 Å². The van der Waals surface area contributed by atoms with E-state index in [2.05, 4.69) is 21.9 Å². The number of aromatic nitrogens is 1. The van der Waals surface area contributed by atoms with Gasteiger partial charge in [0.05, 0.1) is 17.2 Å². The molecule has 0 radical (unpaired) electrons. The topological polar surface area (TPSA) is 50.9 Å². The lowest BCUT2D eigenvalue weighted by molar-refractivity contribution is 0.626. The minimum absolute atomic E-state index is 0.0255. The fraction of sp³-hybridized carbons (Fsp3) is 0.125. The molecule has 3 N–H and O–H groups in total. The molecule has 0 fully saturated rings. The molecule has 1 atom stereocenters. The Bertz CT molecular complexity index is 307. The number of rotatable bonds is 3. The summed E-state index contributed by atoms with van der Waals surface area (Å²) in [6.07, 6.45) is 0. The van der Waals surface area contributed by atoms with Gasteiger partial charge in [0.25, 0.3) is 0 Å². The van der Waals surface area contributed by atoms with Crippen LogP contribution in [0.15, 0.2) is 27.7 Å². The van der Waals surface area contributed by atoms with E-state index < -0.39 is 0 Å². The van der Waals surface area contributed by atoms with Gasteiger partial charge in [0.1, 0.15) is 0 Å². The van der Waals surface area contributed by atoms with Crippen molar-refractivity contribution in [1.82, 2.24) is 10.4 Å².